The van der Waals surface area contributed by atoms with Crippen molar-refractivity contribution in [2.45, 2.75) is 0 Å². The van der Waals surface area contributed by atoms with Gasteiger partial charge in [-0.3, -0.25) is 4.90 Å². The van der Waals surface area contributed by atoms with E-state index in [0.29, 0.717) is 10.0 Å². The molecule has 1 saturated heterocycles. The van der Waals surface area contributed by atoms with Gasteiger partial charge in [0.25, 0.3) is 0 Å². The zero-order valence-electron chi connectivity index (χ0n) is 10.3. The number of thiazole rings is 1. The Balaban J connectivity index is 1.86. The summed E-state index contributed by atoms with van der Waals surface area (Å²) in [6.45, 7) is 6.22. The lowest BCUT2D eigenvalue weighted by molar-refractivity contribution is 0.246. The zero-order chi connectivity index (χ0) is 13.0. The maximum Gasteiger partial charge on any atom is 0.187 e. The van der Waals surface area contributed by atoms with Crippen LogP contribution in [0.2, 0.25) is 5.15 Å². The number of aromatic nitrogens is 1. The number of nitriles is 1. The summed E-state index contributed by atoms with van der Waals surface area (Å²) in [4.78, 5) is 9.17. The highest BCUT2D eigenvalue weighted by molar-refractivity contribution is 7.16. The first-order valence-electron chi connectivity index (χ1n) is 5.91. The van der Waals surface area contributed by atoms with Crippen molar-refractivity contribution in [2.75, 3.05) is 51.2 Å². The van der Waals surface area contributed by atoms with Crippen molar-refractivity contribution in [1.29, 1.82) is 5.26 Å². The van der Waals surface area contributed by atoms with Crippen molar-refractivity contribution in [2.24, 2.45) is 0 Å². The van der Waals surface area contributed by atoms with E-state index in [2.05, 4.69) is 26.2 Å². The van der Waals surface area contributed by atoms with Crippen LogP contribution in [0.3, 0.4) is 0 Å². The van der Waals surface area contributed by atoms with E-state index in [1.165, 1.54) is 11.3 Å². The largest absolute Gasteiger partial charge is 0.350 e. The Bertz CT molecular complexity index is 435. The van der Waals surface area contributed by atoms with E-state index in [9.17, 15) is 0 Å². The van der Waals surface area contributed by atoms with E-state index >= 15 is 0 Å². The molecule has 1 aromatic rings. The maximum atomic E-state index is 8.85. The Morgan fingerprint density at radius 3 is 2.89 bits per heavy atom. The molecule has 2 heterocycles. The molecule has 0 saturated carbocycles. The molecule has 0 atom stereocenters. The van der Waals surface area contributed by atoms with Crippen LogP contribution in [0.4, 0.5) is 5.13 Å². The molecule has 18 heavy (non-hydrogen) atoms. The Kier molecular flexibility index (Phi) is 4.78. The number of hydrogen-bond acceptors (Lipinski definition) is 6. The molecule has 1 aliphatic heterocycles. The number of anilines is 1. The fraction of sp³-hybridized carbons (Fsp3) is 0.636. The highest BCUT2D eigenvalue weighted by atomic mass is 35.5. The zero-order valence-corrected chi connectivity index (χ0v) is 11.9. The van der Waals surface area contributed by atoms with Gasteiger partial charge >= 0.3 is 0 Å². The van der Waals surface area contributed by atoms with Crippen LogP contribution in [-0.4, -0.2) is 56.2 Å². The van der Waals surface area contributed by atoms with Gasteiger partial charge in [0.1, 0.15) is 10.9 Å². The number of likely N-dealkylation sites (N-methyl/N-ethyl adjacent to an activating group) is 1. The van der Waals surface area contributed by atoms with Crippen LogP contribution in [0.15, 0.2) is 0 Å². The summed E-state index contributed by atoms with van der Waals surface area (Å²) in [6, 6.07) is 2.05. The second-order valence-electron chi connectivity index (χ2n) is 4.24. The molecule has 0 spiro atoms. The molecule has 1 fully saturated rings. The molecule has 1 aliphatic rings. The first-order valence-corrected chi connectivity index (χ1v) is 7.11. The number of hydrogen-bond donors (Lipinski definition) is 1. The molecule has 98 valence electrons. The first kappa shape index (κ1) is 13.6. The van der Waals surface area contributed by atoms with Gasteiger partial charge in [-0.15, -0.1) is 0 Å². The molecule has 1 N–H and O–H groups in total. The van der Waals surface area contributed by atoms with E-state index in [0.717, 1.165) is 44.4 Å². The third kappa shape index (κ3) is 3.33. The first-order chi connectivity index (χ1) is 8.70. The lowest BCUT2D eigenvalue weighted by Gasteiger charge is -2.28. The quantitative estimate of drug-likeness (QED) is 0.895. The van der Waals surface area contributed by atoms with Crippen molar-refractivity contribution in [1.82, 2.24) is 15.2 Å². The van der Waals surface area contributed by atoms with Crippen LogP contribution in [0.5, 0.6) is 0 Å². The normalized spacial score (nSPS) is 16.5. The van der Waals surface area contributed by atoms with Crippen LogP contribution in [0, 0.1) is 11.3 Å². The molecule has 0 aromatic carbocycles. The molecule has 2 rings (SSSR count). The van der Waals surface area contributed by atoms with Gasteiger partial charge in [-0.05, 0) is 0 Å². The topological polar surface area (TPSA) is 55.2 Å². The monoisotopic (exact) mass is 285 g/mol. The van der Waals surface area contributed by atoms with Crippen LogP contribution >= 0.6 is 22.9 Å². The minimum Gasteiger partial charge on any atom is -0.350 e. The molecule has 0 unspecified atom stereocenters. The molecular formula is C11H16ClN5S. The smallest absolute Gasteiger partial charge is 0.187 e. The predicted molar refractivity (Wildman–Crippen MR) is 74.4 cm³/mol. The Morgan fingerprint density at radius 1 is 1.56 bits per heavy atom. The average molecular weight is 286 g/mol. The summed E-state index contributed by atoms with van der Waals surface area (Å²) >= 11 is 7.21. The summed E-state index contributed by atoms with van der Waals surface area (Å²) in [7, 11) is 1.98. The molecular weight excluding hydrogens is 270 g/mol. The van der Waals surface area contributed by atoms with Crippen molar-refractivity contribution in [3.63, 3.8) is 0 Å². The van der Waals surface area contributed by atoms with Crippen molar-refractivity contribution in [3.8, 4) is 6.07 Å². The SMILES string of the molecule is CN(CCN1CCNCC1)c1nc(Cl)c(C#N)s1. The summed E-state index contributed by atoms with van der Waals surface area (Å²) in [5, 5.41) is 13.3. The molecule has 5 nitrogen and oxygen atoms in total. The van der Waals surface area contributed by atoms with E-state index < -0.39 is 0 Å². The molecule has 0 aliphatic carbocycles. The predicted octanol–water partition coefficient (Wildman–Crippen LogP) is 1.01. The summed E-state index contributed by atoms with van der Waals surface area (Å²) in [5.41, 5.74) is 0. The molecule has 0 bridgehead atoms. The third-order valence-corrected chi connectivity index (χ3v) is 4.42. The molecule has 0 radical (unpaired) electrons. The minimum atomic E-state index is 0.312. The molecule has 0 amide bonds. The van der Waals surface area contributed by atoms with Gasteiger partial charge in [-0.25, -0.2) is 4.98 Å². The second-order valence-corrected chi connectivity index (χ2v) is 5.58. The van der Waals surface area contributed by atoms with Gasteiger partial charge in [0, 0.05) is 46.3 Å². The summed E-state index contributed by atoms with van der Waals surface area (Å²) in [5.74, 6) is 0. The van der Waals surface area contributed by atoms with Crippen LogP contribution in [-0.2, 0) is 0 Å². The van der Waals surface area contributed by atoms with Gasteiger partial charge in [-0.1, -0.05) is 22.9 Å². The van der Waals surface area contributed by atoms with Crippen LogP contribution in [0.25, 0.3) is 0 Å². The van der Waals surface area contributed by atoms with Gasteiger partial charge in [0.05, 0.1) is 0 Å². The highest BCUT2D eigenvalue weighted by Gasteiger charge is 2.14. The maximum absolute atomic E-state index is 8.85. The standard InChI is InChI=1S/C11H16ClN5S/c1-16(6-7-17-4-2-14-3-5-17)11-15-10(12)9(8-13)18-11/h14H,2-7H2,1H3. The molecule has 1 aromatic heterocycles. The van der Waals surface area contributed by atoms with Crippen LogP contribution in [0.1, 0.15) is 4.88 Å². The lowest BCUT2D eigenvalue weighted by Crippen LogP contribution is -2.45. The number of halogens is 1. The van der Waals surface area contributed by atoms with Crippen molar-refractivity contribution >= 4 is 28.1 Å². The fourth-order valence-electron chi connectivity index (χ4n) is 1.85. The van der Waals surface area contributed by atoms with Gasteiger partial charge in [-0.2, -0.15) is 5.26 Å². The van der Waals surface area contributed by atoms with E-state index in [1.54, 1.807) is 0 Å². The summed E-state index contributed by atoms with van der Waals surface area (Å²) < 4.78 is 0. The number of nitrogens with zero attached hydrogens (tertiary/aromatic N) is 4. The fourth-order valence-corrected chi connectivity index (χ4v) is 2.88. The third-order valence-electron chi connectivity index (χ3n) is 2.96. The van der Waals surface area contributed by atoms with E-state index in [1.807, 2.05) is 7.05 Å². The number of nitrogens with one attached hydrogen (secondary N) is 1. The average Bonchev–Trinajstić information content (AvgIpc) is 2.78. The van der Waals surface area contributed by atoms with E-state index in [-0.39, 0.29) is 0 Å². The summed E-state index contributed by atoms with van der Waals surface area (Å²) in [6.07, 6.45) is 0. The lowest BCUT2D eigenvalue weighted by atomic mass is 10.3. The number of rotatable bonds is 4. The van der Waals surface area contributed by atoms with Gasteiger partial charge < -0.3 is 10.2 Å². The number of piperazine rings is 1. The van der Waals surface area contributed by atoms with E-state index in [4.69, 9.17) is 16.9 Å². The highest BCUT2D eigenvalue weighted by Crippen LogP contribution is 2.27. The minimum absolute atomic E-state index is 0.312. The van der Waals surface area contributed by atoms with Crippen molar-refractivity contribution in [3.05, 3.63) is 10.0 Å². The Hall–Kier alpha value is -0.870. The van der Waals surface area contributed by atoms with Gasteiger partial charge in [0.15, 0.2) is 10.3 Å². The van der Waals surface area contributed by atoms with Crippen molar-refractivity contribution < 1.29 is 0 Å². The van der Waals surface area contributed by atoms with Gasteiger partial charge in [0.2, 0.25) is 0 Å². The Morgan fingerprint density at radius 2 is 2.28 bits per heavy atom. The Labute approximate surface area is 116 Å². The second kappa shape index (κ2) is 6.34. The van der Waals surface area contributed by atoms with Crippen LogP contribution < -0.4 is 10.2 Å². The molecule has 7 heteroatoms.